The minimum Gasteiger partial charge on any atom is -0.302 e. The van der Waals surface area contributed by atoms with Crippen LogP contribution in [0.1, 0.15) is 310 Å². The number of unbranched alkanes of at least 4 members (excludes halogenated alkanes) is 36. The first-order valence-electron chi connectivity index (χ1n) is 30.9. The van der Waals surface area contributed by atoms with E-state index in [1.165, 1.54) is 348 Å². The molecule has 1 aliphatic heterocycles. The molecule has 1 rings (SSSR count). The van der Waals surface area contributed by atoms with Gasteiger partial charge in [0.2, 0.25) is 0 Å². The number of likely N-dealkylation sites (tertiary alicyclic amines) is 1. The van der Waals surface area contributed by atoms with E-state index in [2.05, 4.69) is 71.9 Å². The zero-order valence-electron chi connectivity index (χ0n) is 46.0. The van der Waals surface area contributed by atoms with Crippen LogP contribution in [0.2, 0.25) is 0 Å². The molecule has 1 aliphatic rings. The third kappa shape index (κ3) is 48.1. The van der Waals surface area contributed by atoms with Crippen molar-refractivity contribution in [3.63, 3.8) is 0 Å². The molecule has 0 aromatic carbocycles. The van der Waals surface area contributed by atoms with Crippen molar-refractivity contribution in [2.24, 2.45) is 0 Å². The van der Waals surface area contributed by atoms with Gasteiger partial charge in [-0.15, -0.1) is 0 Å². The molecule has 0 N–H and O–H groups in total. The summed E-state index contributed by atoms with van der Waals surface area (Å²) in [6.07, 6.45) is 77.8. The van der Waals surface area contributed by atoms with E-state index in [0.717, 1.165) is 0 Å². The van der Waals surface area contributed by atoms with Gasteiger partial charge in [0.25, 0.3) is 0 Å². The summed E-state index contributed by atoms with van der Waals surface area (Å²) in [5.41, 5.74) is 0. The Morgan fingerprint density at radius 2 is 0.500 bits per heavy atom. The first kappa shape index (κ1) is 63.1. The predicted octanol–water partition coefficient (Wildman–Crippen LogP) is 20.2. The fourth-order valence-electron chi connectivity index (χ4n) is 10.2. The quantitative estimate of drug-likeness (QED) is 0.0445. The van der Waals surface area contributed by atoms with Gasteiger partial charge in [0.1, 0.15) is 0 Å². The van der Waals surface area contributed by atoms with Crippen molar-refractivity contribution in [3.05, 3.63) is 36.5 Å². The predicted molar refractivity (Wildman–Crippen MR) is 302 cm³/mol. The van der Waals surface area contributed by atoms with Crippen LogP contribution in [0.15, 0.2) is 36.5 Å². The van der Waals surface area contributed by atoms with Crippen LogP contribution in [-0.2, 0) is 0 Å². The van der Waals surface area contributed by atoms with Crippen LogP contribution in [0.3, 0.4) is 0 Å². The molecule has 390 valence electrons. The van der Waals surface area contributed by atoms with Crippen molar-refractivity contribution in [2.75, 3.05) is 58.9 Å². The Morgan fingerprint density at radius 3 is 0.788 bits per heavy atom. The third-order valence-electron chi connectivity index (χ3n) is 14.9. The molecule has 0 bridgehead atoms. The summed E-state index contributed by atoms with van der Waals surface area (Å²) in [7, 11) is 0. The van der Waals surface area contributed by atoms with Gasteiger partial charge in [-0.1, -0.05) is 237 Å². The molecule has 0 atom stereocenters. The Hall–Kier alpha value is -0.900. The molecule has 0 amide bonds. The maximum absolute atomic E-state index is 2.90. The van der Waals surface area contributed by atoms with Gasteiger partial charge >= 0.3 is 0 Å². The lowest BCUT2D eigenvalue weighted by Gasteiger charge is -2.31. The highest BCUT2D eigenvalue weighted by Gasteiger charge is 2.14. The summed E-state index contributed by atoms with van der Waals surface area (Å²) >= 11 is 0. The molecule has 1 heterocycles. The maximum Gasteiger partial charge on any atom is 0.0110 e. The van der Waals surface area contributed by atoms with Crippen LogP contribution in [0, 0.1) is 0 Å². The minimum atomic E-state index is 1.28. The van der Waals surface area contributed by atoms with Crippen molar-refractivity contribution >= 4 is 0 Å². The van der Waals surface area contributed by atoms with Crippen LogP contribution in [0.5, 0.6) is 0 Å². The number of piperidine rings is 1. The summed E-state index contributed by atoms with van der Waals surface area (Å²) in [5, 5.41) is 0. The standard InChI is InChI=1S/C63H123N3/c1-4-7-10-13-16-19-22-25-28-31-34-37-40-43-46-50-55-64(56-51-47-44-41-38-35-32-29-26-23-20-17-14-11-8-5-2)60-62-66(63-61-65-57-53-49-54-58-65)59-52-48-45-42-39-36-33-30-27-24-21-18-15-12-9-6-3/h25-30H,4-24,31-63H2,1-3H3/b28-25-,29-26-,30-27-. The topological polar surface area (TPSA) is 9.72 Å². The van der Waals surface area contributed by atoms with Gasteiger partial charge in [-0.25, -0.2) is 0 Å². The van der Waals surface area contributed by atoms with E-state index in [0.29, 0.717) is 0 Å². The van der Waals surface area contributed by atoms with Crippen molar-refractivity contribution in [1.29, 1.82) is 0 Å². The van der Waals surface area contributed by atoms with Crippen LogP contribution in [0.25, 0.3) is 0 Å². The van der Waals surface area contributed by atoms with Gasteiger partial charge in [0, 0.05) is 26.2 Å². The van der Waals surface area contributed by atoms with E-state index in [9.17, 15) is 0 Å². The molecule has 3 nitrogen and oxygen atoms in total. The molecule has 0 aromatic rings. The lowest BCUT2D eigenvalue weighted by atomic mass is 10.1. The number of nitrogens with zero attached hydrogens (tertiary/aromatic N) is 3. The van der Waals surface area contributed by atoms with Crippen molar-refractivity contribution in [2.45, 2.75) is 310 Å². The maximum atomic E-state index is 2.90. The molecule has 0 aromatic heterocycles. The Bertz CT molecular complexity index is 938. The molecule has 3 heteroatoms. The number of hydrogen-bond acceptors (Lipinski definition) is 3. The summed E-state index contributed by atoms with van der Waals surface area (Å²) in [6, 6.07) is 0. The van der Waals surface area contributed by atoms with Crippen molar-refractivity contribution in [3.8, 4) is 0 Å². The van der Waals surface area contributed by atoms with Crippen LogP contribution in [-0.4, -0.2) is 73.6 Å². The van der Waals surface area contributed by atoms with Crippen LogP contribution in [0.4, 0.5) is 0 Å². The Balaban J connectivity index is 2.44. The highest BCUT2D eigenvalue weighted by Crippen LogP contribution is 2.16. The van der Waals surface area contributed by atoms with Gasteiger partial charge in [-0.3, -0.25) is 0 Å². The normalized spacial score (nSPS) is 14.0. The minimum absolute atomic E-state index is 1.28. The average Bonchev–Trinajstić information content (AvgIpc) is 3.34. The molecule has 0 spiro atoms. The van der Waals surface area contributed by atoms with E-state index in [4.69, 9.17) is 0 Å². The van der Waals surface area contributed by atoms with Gasteiger partial charge in [0.05, 0.1) is 0 Å². The SMILES string of the molecule is CCCCCCCC/C=C\CCCCCCCCN(CCCCCCCC/C=C\CCCCCCCC)CCN(CCCCCCCC/C=C\CCCCCCCC)CCN1CCCCC1. The molecule has 0 radical (unpaired) electrons. The smallest absolute Gasteiger partial charge is 0.0110 e. The highest BCUT2D eigenvalue weighted by molar-refractivity contribution is 4.83. The van der Waals surface area contributed by atoms with Gasteiger partial charge in [-0.2, -0.15) is 0 Å². The summed E-state index contributed by atoms with van der Waals surface area (Å²) in [4.78, 5) is 8.56. The number of hydrogen-bond donors (Lipinski definition) is 0. The first-order chi connectivity index (χ1) is 32.8. The second kappa shape index (κ2) is 55.0. The molecule has 0 saturated carbocycles. The van der Waals surface area contributed by atoms with Gasteiger partial charge in [-0.05, 0) is 142 Å². The second-order valence-electron chi connectivity index (χ2n) is 21.4. The third-order valence-corrected chi connectivity index (χ3v) is 14.9. The molecule has 1 fully saturated rings. The largest absolute Gasteiger partial charge is 0.302 e. The Morgan fingerprint density at radius 1 is 0.258 bits per heavy atom. The zero-order valence-corrected chi connectivity index (χ0v) is 46.0. The fraction of sp³-hybridized carbons (Fsp3) is 0.905. The molecular weight excluding hydrogens is 799 g/mol. The number of rotatable bonds is 54. The van der Waals surface area contributed by atoms with E-state index >= 15 is 0 Å². The summed E-state index contributed by atoms with van der Waals surface area (Å²) in [6.45, 7) is 18.7. The van der Waals surface area contributed by atoms with Crippen LogP contribution >= 0.6 is 0 Å². The summed E-state index contributed by atoms with van der Waals surface area (Å²) < 4.78 is 0. The van der Waals surface area contributed by atoms with Gasteiger partial charge < -0.3 is 14.7 Å². The summed E-state index contributed by atoms with van der Waals surface area (Å²) in [5.74, 6) is 0. The monoisotopic (exact) mass is 922 g/mol. The number of allylic oxidation sites excluding steroid dienone is 6. The van der Waals surface area contributed by atoms with E-state index in [-0.39, 0.29) is 0 Å². The molecule has 1 saturated heterocycles. The second-order valence-corrected chi connectivity index (χ2v) is 21.4. The Kier molecular flexibility index (Phi) is 52.6. The molecular formula is C63H123N3. The fourth-order valence-corrected chi connectivity index (χ4v) is 10.2. The van der Waals surface area contributed by atoms with Gasteiger partial charge in [0.15, 0.2) is 0 Å². The zero-order chi connectivity index (χ0) is 47.2. The average molecular weight is 923 g/mol. The molecule has 0 unspecified atom stereocenters. The van der Waals surface area contributed by atoms with E-state index in [1.54, 1.807) is 0 Å². The lowest BCUT2D eigenvalue weighted by molar-refractivity contribution is 0.159. The molecule has 0 aliphatic carbocycles. The Labute approximate surface area is 418 Å². The van der Waals surface area contributed by atoms with Crippen molar-refractivity contribution < 1.29 is 0 Å². The molecule has 66 heavy (non-hydrogen) atoms. The van der Waals surface area contributed by atoms with Crippen LogP contribution < -0.4 is 0 Å². The highest BCUT2D eigenvalue weighted by atomic mass is 15.2. The van der Waals surface area contributed by atoms with E-state index in [1.807, 2.05) is 0 Å². The lowest BCUT2D eigenvalue weighted by Crippen LogP contribution is -2.41. The van der Waals surface area contributed by atoms with Crippen molar-refractivity contribution in [1.82, 2.24) is 14.7 Å². The first-order valence-corrected chi connectivity index (χ1v) is 30.9. The van der Waals surface area contributed by atoms with E-state index < -0.39 is 0 Å².